The summed E-state index contributed by atoms with van der Waals surface area (Å²) in [6.45, 7) is 6.19. The van der Waals surface area contributed by atoms with Crippen LogP contribution in [0.4, 0.5) is 10.5 Å². The Morgan fingerprint density at radius 3 is 2.64 bits per heavy atom. The van der Waals surface area contributed by atoms with Gasteiger partial charge in [-0.1, -0.05) is 18.2 Å². The first-order valence-corrected chi connectivity index (χ1v) is 10.3. The molecule has 150 valence electrons. The van der Waals surface area contributed by atoms with Crippen molar-refractivity contribution in [3.05, 3.63) is 54.0 Å². The molecule has 0 saturated carbocycles. The molecule has 1 aromatic heterocycles. The van der Waals surface area contributed by atoms with Crippen molar-refractivity contribution in [2.75, 3.05) is 38.0 Å². The Balaban J connectivity index is 1.31. The van der Waals surface area contributed by atoms with Crippen LogP contribution in [0.25, 0.3) is 0 Å². The highest BCUT2D eigenvalue weighted by atomic mass is 16.3. The normalized spacial score (nSPS) is 21.0. The quantitative estimate of drug-likeness (QED) is 0.801. The van der Waals surface area contributed by atoms with Crippen LogP contribution in [-0.2, 0) is 0 Å². The second kappa shape index (κ2) is 8.69. The Morgan fingerprint density at radius 1 is 1.14 bits per heavy atom. The zero-order valence-electron chi connectivity index (χ0n) is 16.6. The van der Waals surface area contributed by atoms with Crippen LogP contribution in [0.1, 0.15) is 36.8 Å². The molecule has 1 aromatic carbocycles. The van der Waals surface area contributed by atoms with Gasteiger partial charge < -0.3 is 20.0 Å². The number of carbonyl (C=O) groups excluding carboxylic acids is 1. The van der Waals surface area contributed by atoms with E-state index in [4.69, 9.17) is 4.42 Å². The summed E-state index contributed by atoms with van der Waals surface area (Å²) < 4.78 is 5.88. The van der Waals surface area contributed by atoms with E-state index in [1.54, 1.807) is 0 Å². The lowest BCUT2D eigenvalue weighted by Crippen LogP contribution is -2.43. The van der Waals surface area contributed by atoms with E-state index in [0.717, 1.165) is 49.8 Å². The fourth-order valence-corrected chi connectivity index (χ4v) is 4.22. The molecule has 4 rings (SSSR count). The highest BCUT2D eigenvalue weighted by molar-refractivity contribution is 5.74. The van der Waals surface area contributed by atoms with Gasteiger partial charge in [-0.2, -0.15) is 0 Å². The van der Waals surface area contributed by atoms with E-state index >= 15 is 0 Å². The van der Waals surface area contributed by atoms with Gasteiger partial charge in [0.05, 0.1) is 6.04 Å². The smallest absolute Gasteiger partial charge is 0.317 e. The van der Waals surface area contributed by atoms with Crippen LogP contribution in [0.3, 0.4) is 0 Å². The van der Waals surface area contributed by atoms with Crippen LogP contribution in [0.2, 0.25) is 0 Å². The average molecular weight is 383 g/mol. The number of carbonyl (C=O) groups is 1. The SMILES string of the molecule is Cc1ccc([C@H](CNC(=O)N2CC[C@H](Nc3ccccc3)C2)N2CCCC2)o1. The van der Waals surface area contributed by atoms with E-state index < -0.39 is 0 Å². The molecule has 0 radical (unpaired) electrons. The van der Waals surface area contributed by atoms with E-state index in [1.807, 2.05) is 42.2 Å². The minimum absolute atomic E-state index is 0.0184. The molecule has 0 bridgehead atoms. The first-order valence-electron chi connectivity index (χ1n) is 10.3. The summed E-state index contributed by atoms with van der Waals surface area (Å²) in [4.78, 5) is 17.1. The molecule has 2 aliphatic heterocycles. The van der Waals surface area contributed by atoms with Gasteiger partial charge in [0.1, 0.15) is 11.5 Å². The Kier molecular flexibility index (Phi) is 5.86. The summed E-state index contributed by atoms with van der Waals surface area (Å²) in [7, 11) is 0. The van der Waals surface area contributed by atoms with Gasteiger partial charge in [0, 0.05) is 31.4 Å². The molecular formula is C22H30N4O2. The minimum atomic E-state index is 0.0184. The summed E-state index contributed by atoms with van der Waals surface area (Å²) in [5, 5.41) is 6.67. The molecule has 2 N–H and O–H groups in total. The second-order valence-electron chi connectivity index (χ2n) is 7.84. The second-order valence-corrected chi connectivity index (χ2v) is 7.84. The molecule has 0 unspecified atom stereocenters. The molecule has 3 heterocycles. The van der Waals surface area contributed by atoms with Crippen molar-refractivity contribution in [3.63, 3.8) is 0 Å². The van der Waals surface area contributed by atoms with E-state index in [2.05, 4.69) is 27.7 Å². The predicted molar refractivity (Wildman–Crippen MR) is 110 cm³/mol. The number of anilines is 1. The number of likely N-dealkylation sites (tertiary alicyclic amines) is 2. The molecule has 28 heavy (non-hydrogen) atoms. The number of para-hydroxylation sites is 1. The number of urea groups is 1. The molecule has 6 nitrogen and oxygen atoms in total. The van der Waals surface area contributed by atoms with E-state index in [0.29, 0.717) is 12.6 Å². The Morgan fingerprint density at radius 2 is 1.93 bits per heavy atom. The number of furan rings is 1. The number of rotatable bonds is 6. The number of benzene rings is 1. The molecule has 0 aliphatic carbocycles. The van der Waals surface area contributed by atoms with Crippen molar-refractivity contribution in [3.8, 4) is 0 Å². The Hall–Kier alpha value is -2.47. The first-order chi connectivity index (χ1) is 13.7. The van der Waals surface area contributed by atoms with Gasteiger partial charge in [0.25, 0.3) is 0 Å². The summed E-state index contributed by atoms with van der Waals surface area (Å²) in [5.41, 5.74) is 1.11. The van der Waals surface area contributed by atoms with Crippen LogP contribution < -0.4 is 10.6 Å². The predicted octanol–water partition coefficient (Wildman–Crippen LogP) is 3.62. The van der Waals surface area contributed by atoms with Gasteiger partial charge in [-0.25, -0.2) is 4.79 Å². The van der Waals surface area contributed by atoms with Gasteiger partial charge in [0.2, 0.25) is 0 Å². The first kappa shape index (κ1) is 18.9. The Bertz CT molecular complexity index is 770. The molecule has 6 heteroatoms. The van der Waals surface area contributed by atoms with Crippen molar-refractivity contribution in [1.29, 1.82) is 0 Å². The highest BCUT2D eigenvalue weighted by Crippen LogP contribution is 2.26. The Labute approximate surface area is 166 Å². The lowest BCUT2D eigenvalue weighted by Gasteiger charge is -2.27. The summed E-state index contributed by atoms with van der Waals surface area (Å²) in [6.07, 6.45) is 3.39. The van der Waals surface area contributed by atoms with Gasteiger partial charge in [-0.3, -0.25) is 4.90 Å². The maximum atomic E-state index is 12.7. The maximum Gasteiger partial charge on any atom is 0.317 e. The standard InChI is InChI=1S/C22H30N4O2/c1-17-9-10-21(28-17)20(25-12-5-6-13-25)15-23-22(27)26-14-11-19(16-26)24-18-7-3-2-4-8-18/h2-4,7-10,19-20,24H,5-6,11-16H2,1H3,(H,23,27)/t19-,20-/m0/s1. The number of hydrogen-bond acceptors (Lipinski definition) is 4. The van der Waals surface area contributed by atoms with E-state index in [1.165, 1.54) is 12.8 Å². The topological polar surface area (TPSA) is 60.8 Å². The van der Waals surface area contributed by atoms with Gasteiger partial charge in [-0.15, -0.1) is 0 Å². The number of aryl methyl sites for hydroxylation is 1. The highest BCUT2D eigenvalue weighted by Gasteiger charge is 2.29. The molecule has 2 fully saturated rings. The zero-order valence-corrected chi connectivity index (χ0v) is 16.6. The van der Waals surface area contributed by atoms with Crippen molar-refractivity contribution < 1.29 is 9.21 Å². The van der Waals surface area contributed by atoms with E-state index in [-0.39, 0.29) is 12.1 Å². The van der Waals surface area contributed by atoms with Crippen LogP contribution in [-0.4, -0.2) is 54.6 Å². The molecule has 2 amide bonds. The fourth-order valence-electron chi connectivity index (χ4n) is 4.22. The van der Waals surface area contributed by atoms with E-state index in [9.17, 15) is 4.79 Å². The molecular weight excluding hydrogens is 352 g/mol. The number of nitrogens with zero attached hydrogens (tertiary/aromatic N) is 2. The number of nitrogens with one attached hydrogen (secondary N) is 2. The van der Waals surface area contributed by atoms with Crippen LogP contribution in [0.5, 0.6) is 0 Å². The molecule has 0 spiro atoms. The lowest BCUT2D eigenvalue weighted by atomic mass is 10.2. The van der Waals surface area contributed by atoms with Crippen molar-refractivity contribution in [1.82, 2.24) is 15.1 Å². The third kappa shape index (κ3) is 4.50. The maximum absolute atomic E-state index is 12.7. The summed E-state index contributed by atoms with van der Waals surface area (Å²) >= 11 is 0. The summed E-state index contributed by atoms with van der Waals surface area (Å²) in [5.74, 6) is 1.87. The molecule has 2 saturated heterocycles. The van der Waals surface area contributed by atoms with Crippen molar-refractivity contribution >= 4 is 11.7 Å². The van der Waals surface area contributed by atoms with Gasteiger partial charge in [0.15, 0.2) is 0 Å². The van der Waals surface area contributed by atoms with Crippen molar-refractivity contribution in [2.45, 2.75) is 38.3 Å². The zero-order chi connectivity index (χ0) is 19.3. The lowest BCUT2D eigenvalue weighted by molar-refractivity contribution is 0.187. The third-order valence-corrected chi connectivity index (χ3v) is 5.74. The van der Waals surface area contributed by atoms with Crippen LogP contribution in [0.15, 0.2) is 46.9 Å². The third-order valence-electron chi connectivity index (χ3n) is 5.74. The number of amides is 2. The van der Waals surface area contributed by atoms with Crippen LogP contribution in [0, 0.1) is 6.92 Å². The number of hydrogen-bond donors (Lipinski definition) is 2. The largest absolute Gasteiger partial charge is 0.465 e. The minimum Gasteiger partial charge on any atom is -0.465 e. The molecule has 2 atom stereocenters. The average Bonchev–Trinajstić information content (AvgIpc) is 3.45. The summed E-state index contributed by atoms with van der Waals surface area (Å²) in [6, 6.07) is 14.7. The van der Waals surface area contributed by atoms with Crippen molar-refractivity contribution in [2.24, 2.45) is 0 Å². The molecule has 2 aromatic rings. The monoisotopic (exact) mass is 382 g/mol. The molecule has 2 aliphatic rings. The van der Waals surface area contributed by atoms with Crippen LogP contribution >= 0.6 is 0 Å². The van der Waals surface area contributed by atoms with Gasteiger partial charge in [-0.05, 0) is 63.5 Å². The fraction of sp³-hybridized carbons (Fsp3) is 0.500. The van der Waals surface area contributed by atoms with Gasteiger partial charge >= 0.3 is 6.03 Å².